The van der Waals surface area contributed by atoms with Gasteiger partial charge in [-0.25, -0.2) is 9.52 Å². The minimum atomic E-state index is -4.03. The van der Waals surface area contributed by atoms with Crippen LogP contribution in [0.25, 0.3) is 0 Å². The summed E-state index contributed by atoms with van der Waals surface area (Å²) in [4.78, 5) is 12.6. The van der Waals surface area contributed by atoms with Crippen LogP contribution < -0.4 is 10.0 Å². The van der Waals surface area contributed by atoms with Crippen LogP contribution in [0.3, 0.4) is 0 Å². The summed E-state index contributed by atoms with van der Waals surface area (Å²) in [5.41, 5.74) is 5.54. The second-order valence-corrected chi connectivity index (χ2v) is 10.0. The molecule has 0 radical (unpaired) electrons. The number of carbonyl (C=O) groups is 1. The molecule has 2 aliphatic carbocycles. The van der Waals surface area contributed by atoms with E-state index in [1.54, 1.807) is 10.9 Å². The van der Waals surface area contributed by atoms with E-state index in [0.717, 1.165) is 55.3 Å². The summed E-state index contributed by atoms with van der Waals surface area (Å²) in [5.74, 6) is 0. The van der Waals surface area contributed by atoms with Crippen molar-refractivity contribution in [2.75, 3.05) is 5.32 Å². The summed E-state index contributed by atoms with van der Waals surface area (Å²) in [6, 6.07) is 0.681. The van der Waals surface area contributed by atoms with E-state index in [2.05, 4.69) is 31.1 Å². The molecule has 0 aliphatic heterocycles. The Morgan fingerprint density at radius 1 is 1.11 bits per heavy atom. The Balaban J connectivity index is 1.59. The molecule has 28 heavy (non-hydrogen) atoms. The third-order valence-electron chi connectivity index (χ3n) is 5.42. The van der Waals surface area contributed by atoms with Gasteiger partial charge in [0.05, 0.1) is 0 Å². The number of fused-ring (bicyclic) bond motifs is 2. The first-order valence-corrected chi connectivity index (χ1v) is 11.8. The number of benzene rings is 1. The summed E-state index contributed by atoms with van der Waals surface area (Å²) >= 11 is 3.74. The van der Waals surface area contributed by atoms with E-state index in [1.807, 2.05) is 13.8 Å². The highest BCUT2D eigenvalue weighted by Crippen LogP contribution is 2.44. The smallest absolute Gasteiger partial charge is 0.307 e. The third-order valence-corrected chi connectivity index (χ3v) is 7.60. The molecule has 1 heterocycles. The number of anilines is 1. The van der Waals surface area contributed by atoms with Crippen LogP contribution in [0.4, 0.5) is 10.5 Å². The van der Waals surface area contributed by atoms with Crippen molar-refractivity contribution in [3.8, 4) is 0 Å². The molecule has 1 aromatic carbocycles. The molecule has 0 spiro atoms. The maximum absolute atomic E-state index is 12.6. The van der Waals surface area contributed by atoms with Crippen LogP contribution in [-0.4, -0.2) is 24.2 Å². The van der Waals surface area contributed by atoms with Crippen LogP contribution in [0.5, 0.6) is 0 Å². The predicted octanol–water partition coefficient (Wildman–Crippen LogP) is 3.71. The normalized spacial score (nSPS) is 15.6. The molecule has 2 amide bonds. The van der Waals surface area contributed by atoms with Gasteiger partial charge in [-0.1, -0.05) is 15.9 Å². The molecule has 0 saturated carbocycles. The summed E-state index contributed by atoms with van der Waals surface area (Å²) in [6.45, 7) is 3.80. The van der Waals surface area contributed by atoms with E-state index < -0.39 is 16.1 Å². The molecule has 1 aromatic heterocycles. The third kappa shape index (κ3) is 3.34. The average molecular weight is 467 g/mol. The molecular formula is C19H23BrN4O3S. The lowest BCUT2D eigenvalue weighted by atomic mass is 9.99. The van der Waals surface area contributed by atoms with Crippen molar-refractivity contribution in [1.82, 2.24) is 14.5 Å². The Morgan fingerprint density at radius 3 is 2.21 bits per heavy atom. The van der Waals surface area contributed by atoms with Gasteiger partial charge >= 0.3 is 6.03 Å². The summed E-state index contributed by atoms with van der Waals surface area (Å²) in [6.07, 6.45) is 7.40. The SMILES string of the molecule is CC(C)n1ccc(S(=O)(=O)NC(=O)Nc2c3c(c(Br)c4c2CCC4)CCC3)n1. The molecule has 2 aromatic rings. The summed E-state index contributed by atoms with van der Waals surface area (Å²) in [5, 5.41) is 6.73. The number of hydrogen-bond donors (Lipinski definition) is 2. The van der Waals surface area contributed by atoms with Gasteiger partial charge in [-0.15, -0.1) is 0 Å². The van der Waals surface area contributed by atoms with E-state index in [9.17, 15) is 13.2 Å². The Morgan fingerprint density at radius 2 is 1.68 bits per heavy atom. The number of urea groups is 1. The van der Waals surface area contributed by atoms with Gasteiger partial charge in [0.15, 0.2) is 5.03 Å². The Kier molecular flexibility index (Phi) is 4.99. The minimum Gasteiger partial charge on any atom is -0.307 e. The van der Waals surface area contributed by atoms with E-state index in [0.29, 0.717) is 0 Å². The van der Waals surface area contributed by atoms with Gasteiger partial charge < -0.3 is 5.32 Å². The average Bonchev–Trinajstić information content (AvgIpc) is 3.38. The second kappa shape index (κ2) is 7.18. The lowest BCUT2D eigenvalue weighted by molar-refractivity contribution is 0.256. The number of carbonyl (C=O) groups excluding carboxylic acids is 1. The Labute approximate surface area is 173 Å². The van der Waals surface area contributed by atoms with Gasteiger partial charge in [0.2, 0.25) is 0 Å². The molecule has 0 fully saturated rings. The Hall–Kier alpha value is -1.87. The molecule has 0 bridgehead atoms. The number of halogens is 1. The van der Waals surface area contributed by atoms with Gasteiger partial charge in [-0.2, -0.15) is 13.5 Å². The van der Waals surface area contributed by atoms with Crippen molar-refractivity contribution in [2.45, 2.75) is 63.4 Å². The number of sulfonamides is 1. The predicted molar refractivity (Wildman–Crippen MR) is 110 cm³/mol. The van der Waals surface area contributed by atoms with Crippen molar-refractivity contribution >= 4 is 37.7 Å². The van der Waals surface area contributed by atoms with Crippen LogP contribution in [0.2, 0.25) is 0 Å². The maximum Gasteiger partial charge on any atom is 0.333 e. The van der Waals surface area contributed by atoms with Gasteiger partial charge in [-0.3, -0.25) is 4.68 Å². The number of rotatable bonds is 4. The highest BCUT2D eigenvalue weighted by molar-refractivity contribution is 9.10. The molecule has 7 nitrogen and oxygen atoms in total. The summed E-state index contributed by atoms with van der Waals surface area (Å²) in [7, 11) is -4.03. The van der Waals surface area contributed by atoms with Crippen LogP contribution in [0, 0.1) is 0 Å². The van der Waals surface area contributed by atoms with Gasteiger partial charge in [-0.05, 0) is 80.7 Å². The van der Waals surface area contributed by atoms with Crippen LogP contribution in [-0.2, 0) is 35.7 Å². The fourth-order valence-corrected chi connectivity index (χ4v) is 5.82. The van der Waals surface area contributed by atoms with Crippen molar-refractivity contribution in [3.63, 3.8) is 0 Å². The zero-order valence-corrected chi connectivity index (χ0v) is 18.3. The van der Waals surface area contributed by atoms with E-state index >= 15 is 0 Å². The number of nitrogens with zero attached hydrogens (tertiary/aromatic N) is 2. The first kappa shape index (κ1) is 19.4. The molecule has 150 valence electrons. The zero-order valence-electron chi connectivity index (χ0n) is 15.9. The number of aromatic nitrogens is 2. The minimum absolute atomic E-state index is 0.0331. The quantitative estimate of drug-likeness (QED) is 0.717. The van der Waals surface area contributed by atoms with Crippen LogP contribution in [0.15, 0.2) is 21.8 Å². The topological polar surface area (TPSA) is 93.1 Å². The second-order valence-electron chi connectivity index (χ2n) is 7.60. The standard InChI is InChI=1S/C19H23BrN4O3S/c1-11(2)24-10-9-16(22-24)28(26,27)23-19(25)21-18-14-7-3-5-12(14)17(20)13-6-4-8-15(13)18/h9-11H,3-8H2,1-2H3,(H2,21,23,25). The highest BCUT2D eigenvalue weighted by atomic mass is 79.9. The molecule has 0 saturated heterocycles. The highest BCUT2D eigenvalue weighted by Gasteiger charge is 2.29. The molecule has 9 heteroatoms. The first-order chi connectivity index (χ1) is 13.3. The molecule has 0 atom stereocenters. The fraction of sp³-hybridized carbons (Fsp3) is 0.474. The first-order valence-electron chi connectivity index (χ1n) is 9.52. The lowest BCUT2D eigenvalue weighted by Crippen LogP contribution is -2.35. The number of amides is 2. The molecule has 2 N–H and O–H groups in total. The monoisotopic (exact) mass is 466 g/mol. The van der Waals surface area contributed by atoms with E-state index in [1.165, 1.54) is 21.7 Å². The van der Waals surface area contributed by atoms with Gasteiger partial charge in [0.1, 0.15) is 0 Å². The van der Waals surface area contributed by atoms with Crippen LogP contribution >= 0.6 is 15.9 Å². The fourth-order valence-electron chi connectivity index (χ4n) is 4.10. The van der Waals surface area contributed by atoms with Crippen molar-refractivity contribution in [2.24, 2.45) is 0 Å². The summed E-state index contributed by atoms with van der Waals surface area (Å²) < 4.78 is 29.9. The molecular weight excluding hydrogens is 444 g/mol. The van der Waals surface area contributed by atoms with Crippen LogP contribution in [0.1, 0.15) is 55.0 Å². The van der Waals surface area contributed by atoms with E-state index in [4.69, 9.17) is 0 Å². The maximum atomic E-state index is 12.6. The van der Waals surface area contributed by atoms with Crippen molar-refractivity contribution in [1.29, 1.82) is 0 Å². The molecule has 4 rings (SSSR count). The molecule has 0 unspecified atom stereocenters. The number of nitrogens with one attached hydrogen (secondary N) is 2. The van der Waals surface area contributed by atoms with Crippen molar-refractivity contribution in [3.05, 3.63) is 39.0 Å². The number of hydrogen-bond acceptors (Lipinski definition) is 4. The van der Waals surface area contributed by atoms with E-state index in [-0.39, 0.29) is 11.1 Å². The molecule has 2 aliphatic rings. The zero-order chi connectivity index (χ0) is 20.1. The van der Waals surface area contributed by atoms with Gasteiger partial charge in [0, 0.05) is 22.4 Å². The lowest BCUT2D eigenvalue weighted by Gasteiger charge is -2.18. The van der Waals surface area contributed by atoms with Crippen molar-refractivity contribution < 1.29 is 13.2 Å². The van der Waals surface area contributed by atoms with Gasteiger partial charge in [0.25, 0.3) is 10.0 Å². The Bertz CT molecular complexity index is 1020. The largest absolute Gasteiger partial charge is 0.333 e.